The molecule has 90 valence electrons. The Labute approximate surface area is 98.9 Å². The molecule has 0 amide bonds. The van der Waals surface area contributed by atoms with Gasteiger partial charge in [-0.25, -0.2) is 4.39 Å². The van der Waals surface area contributed by atoms with Crippen LogP contribution in [0.15, 0.2) is 34.1 Å². The molecule has 0 aliphatic heterocycles. The summed E-state index contributed by atoms with van der Waals surface area (Å²) in [7, 11) is 1.58. The number of rotatable bonds is 2. The van der Waals surface area contributed by atoms with Crippen molar-refractivity contribution in [1.29, 1.82) is 0 Å². The average Bonchev–Trinajstić information content (AvgIpc) is 2.32. The van der Waals surface area contributed by atoms with E-state index < -0.39 is 28.4 Å². The minimum Gasteiger partial charge on any atom is -0.609 e. The first-order chi connectivity index (χ1) is 8.04. The van der Waals surface area contributed by atoms with Crippen molar-refractivity contribution in [2.45, 2.75) is 4.90 Å². The van der Waals surface area contributed by atoms with Gasteiger partial charge in [0.15, 0.2) is 0 Å². The lowest BCUT2D eigenvalue weighted by atomic mass is 10.2. The summed E-state index contributed by atoms with van der Waals surface area (Å²) in [6.07, 6.45) is 1.28. The van der Waals surface area contributed by atoms with Crippen LogP contribution in [-0.4, -0.2) is 15.1 Å². The number of nitrogens with zero attached hydrogens (tertiary/aromatic N) is 1. The van der Waals surface area contributed by atoms with Gasteiger partial charge in [0.1, 0.15) is 5.82 Å². The van der Waals surface area contributed by atoms with E-state index in [0.717, 1.165) is 6.07 Å². The minimum absolute atomic E-state index is 0.103. The molecule has 3 nitrogen and oxygen atoms in total. The van der Waals surface area contributed by atoms with Gasteiger partial charge in [-0.05, 0) is 18.2 Å². The van der Waals surface area contributed by atoms with Gasteiger partial charge in [0.05, 0.1) is 17.1 Å². The van der Waals surface area contributed by atoms with Crippen molar-refractivity contribution in [2.24, 2.45) is 7.05 Å². The van der Waals surface area contributed by atoms with Gasteiger partial charge >= 0.3 is 0 Å². The molecule has 0 spiro atoms. The second-order valence-corrected chi connectivity index (χ2v) is 4.90. The molecule has 0 radical (unpaired) electrons. The Balaban J connectivity index is 2.81. The van der Waals surface area contributed by atoms with Crippen LogP contribution >= 0.6 is 0 Å². The summed E-state index contributed by atoms with van der Waals surface area (Å²) in [5.74, 6) is -0.466. The molecule has 0 aliphatic carbocycles. The van der Waals surface area contributed by atoms with Crippen LogP contribution in [0.2, 0.25) is 0 Å². The Bertz CT molecular complexity index is 627. The van der Waals surface area contributed by atoms with Crippen molar-refractivity contribution >= 4 is 22.1 Å². The third-order valence-electron chi connectivity index (χ3n) is 2.46. The zero-order valence-corrected chi connectivity index (χ0v) is 9.76. The first-order valence-corrected chi connectivity index (χ1v) is 6.09. The van der Waals surface area contributed by atoms with Crippen molar-refractivity contribution in [3.8, 4) is 0 Å². The van der Waals surface area contributed by atoms with Gasteiger partial charge in [0.2, 0.25) is 16.3 Å². The zero-order chi connectivity index (χ0) is 12.6. The van der Waals surface area contributed by atoms with E-state index in [0.29, 0.717) is 5.52 Å². The second kappa shape index (κ2) is 4.46. The van der Waals surface area contributed by atoms with Crippen LogP contribution in [0, 0.1) is 5.82 Å². The highest BCUT2D eigenvalue weighted by Crippen LogP contribution is 2.15. The van der Waals surface area contributed by atoms with Crippen molar-refractivity contribution in [3.63, 3.8) is 0 Å². The summed E-state index contributed by atoms with van der Waals surface area (Å²) in [5.41, 5.74) is -0.135. The summed E-state index contributed by atoms with van der Waals surface area (Å²) >= 11 is -1.97. The molecule has 0 bridgehead atoms. The molecule has 1 atom stereocenters. The van der Waals surface area contributed by atoms with E-state index in [9.17, 15) is 18.1 Å². The van der Waals surface area contributed by atoms with Crippen LogP contribution in [0.1, 0.15) is 0 Å². The van der Waals surface area contributed by atoms with E-state index >= 15 is 0 Å². The Morgan fingerprint density at radius 3 is 2.82 bits per heavy atom. The predicted octanol–water partition coefficient (Wildman–Crippen LogP) is 1.71. The molecular formula is C11H9F2NO2S. The second-order valence-electron chi connectivity index (χ2n) is 3.55. The maximum absolute atomic E-state index is 13.0. The number of pyridine rings is 1. The lowest BCUT2D eigenvalue weighted by Crippen LogP contribution is -2.19. The van der Waals surface area contributed by atoms with E-state index in [4.69, 9.17) is 0 Å². The van der Waals surface area contributed by atoms with Crippen molar-refractivity contribution in [2.75, 3.05) is 6.01 Å². The fourth-order valence-electron chi connectivity index (χ4n) is 1.65. The number of alkyl halides is 1. The van der Waals surface area contributed by atoms with Crippen LogP contribution in [0.4, 0.5) is 8.78 Å². The Kier molecular flexibility index (Phi) is 3.17. The SMILES string of the molecule is Cn1cc([S+]([O-])CF)c(=O)c2ccc(F)cc21. The molecule has 0 N–H and O–H groups in total. The standard InChI is InChI=1S/C11H9F2NO2S/c1-14-5-10(17(16)6-12)11(15)8-3-2-7(13)4-9(8)14/h2-5H,6H2,1H3. The van der Waals surface area contributed by atoms with Gasteiger partial charge < -0.3 is 9.12 Å². The highest BCUT2D eigenvalue weighted by atomic mass is 32.2. The summed E-state index contributed by atoms with van der Waals surface area (Å²) in [5, 5.41) is 0.230. The minimum atomic E-state index is -1.97. The van der Waals surface area contributed by atoms with Crippen LogP contribution in [-0.2, 0) is 18.2 Å². The van der Waals surface area contributed by atoms with Gasteiger partial charge in [-0.3, -0.25) is 4.79 Å². The van der Waals surface area contributed by atoms with Gasteiger partial charge in [-0.1, -0.05) is 0 Å². The Morgan fingerprint density at radius 2 is 2.18 bits per heavy atom. The third kappa shape index (κ3) is 2.05. The number of aryl methyl sites for hydroxylation is 1. The summed E-state index contributed by atoms with van der Waals surface area (Å²) in [4.78, 5) is 11.8. The number of fused-ring (bicyclic) bond motifs is 1. The topological polar surface area (TPSA) is 45.1 Å². The largest absolute Gasteiger partial charge is 0.609 e. The van der Waals surface area contributed by atoms with E-state index in [1.807, 2.05) is 0 Å². The quantitative estimate of drug-likeness (QED) is 0.769. The molecular weight excluding hydrogens is 248 g/mol. The predicted molar refractivity (Wildman–Crippen MR) is 61.5 cm³/mol. The average molecular weight is 257 g/mol. The Hall–Kier alpha value is -1.40. The number of halogens is 2. The van der Waals surface area contributed by atoms with E-state index in [2.05, 4.69) is 0 Å². The normalized spacial score (nSPS) is 12.9. The van der Waals surface area contributed by atoms with Crippen molar-refractivity contribution < 1.29 is 13.3 Å². The lowest BCUT2D eigenvalue weighted by Gasteiger charge is -2.10. The first kappa shape index (κ1) is 12.1. The molecule has 1 unspecified atom stereocenters. The van der Waals surface area contributed by atoms with E-state index in [-0.39, 0.29) is 10.3 Å². The van der Waals surface area contributed by atoms with Crippen LogP contribution in [0.25, 0.3) is 10.9 Å². The molecule has 1 heterocycles. The molecule has 1 aromatic heterocycles. The maximum Gasteiger partial charge on any atom is 0.248 e. The number of benzene rings is 1. The van der Waals surface area contributed by atoms with Gasteiger partial charge in [0, 0.05) is 18.2 Å². The summed E-state index contributed by atoms with van der Waals surface area (Å²) in [6, 6.07) is 2.55. The van der Waals surface area contributed by atoms with E-state index in [1.165, 1.54) is 22.9 Å². The highest BCUT2D eigenvalue weighted by Gasteiger charge is 2.18. The molecule has 0 fully saturated rings. The van der Waals surface area contributed by atoms with Crippen molar-refractivity contribution in [3.05, 3.63) is 40.4 Å². The Morgan fingerprint density at radius 1 is 1.47 bits per heavy atom. The highest BCUT2D eigenvalue weighted by molar-refractivity contribution is 7.91. The van der Waals surface area contributed by atoms with Crippen LogP contribution < -0.4 is 5.43 Å². The van der Waals surface area contributed by atoms with Crippen molar-refractivity contribution in [1.82, 2.24) is 4.57 Å². The summed E-state index contributed by atoms with van der Waals surface area (Å²) < 4.78 is 38.2. The number of hydrogen-bond donors (Lipinski definition) is 0. The van der Waals surface area contributed by atoms with Crippen LogP contribution in [0.3, 0.4) is 0 Å². The molecule has 0 saturated carbocycles. The first-order valence-electron chi connectivity index (χ1n) is 4.78. The smallest absolute Gasteiger partial charge is 0.248 e. The fourth-order valence-corrected chi connectivity index (χ4v) is 2.36. The third-order valence-corrected chi connectivity index (χ3v) is 3.44. The molecule has 1 aromatic carbocycles. The van der Waals surface area contributed by atoms with Gasteiger partial charge in [-0.2, -0.15) is 4.39 Å². The van der Waals surface area contributed by atoms with Crippen LogP contribution in [0.5, 0.6) is 0 Å². The molecule has 2 aromatic rings. The molecule has 17 heavy (non-hydrogen) atoms. The lowest BCUT2D eigenvalue weighted by molar-refractivity contribution is 0.533. The van der Waals surface area contributed by atoms with E-state index in [1.54, 1.807) is 7.05 Å². The summed E-state index contributed by atoms with van der Waals surface area (Å²) in [6.45, 7) is 0. The number of hydrogen-bond acceptors (Lipinski definition) is 2. The molecule has 6 heteroatoms. The van der Waals surface area contributed by atoms with Gasteiger partial charge in [0.25, 0.3) is 0 Å². The molecule has 2 rings (SSSR count). The maximum atomic E-state index is 13.0. The number of aromatic nitrogens is 1. The van der Waals surface area contributed by atoms with Gasteiger partial charge in [-0.15, -0.1) is 0 Å². The molecule has 0 saturated heterocycles. The molecule has 0 aliphatic rings. The fraction of sp³-hybridized carbons (Fsp3) is 0.182. The zero-order valence-electron chi connectivity index (χ0n) is 8.94. The monoisotopic (exact) mass is 257 g/mol.